The Kier molecular flexibility index (Phi) is 7.50. The van der Waals surface area contributed by atoms with Gasteiger partial charge in [0.1, 0.15) is 5.75 Å². The first-order chi connectivity index (χ1) is 18.4. The van der Waals surface area contributed by atoms with Crippen molar-refractivity contribution in [2.45, 2.75) is 19.9 Å². The van der Waals surface area contributed by atoms with Crippen LogP contribution in [0.1, 0.15) is 17.5 Å². The van der Waals surface area contributed by atoms with Crippen LogP contribution in [0.2, 0.25) is 0 Å². The summed E-state index contributed by atoms with van der Waals surface area (Å²) in [6.07, 6.45) is 0.140. The lowest BCUT2D eigenvalue weighted by atomic mass is 10.1. The predicted octanol–water partition coefficient (Wildman–Crippen LogP) is 4.17. The molecule has 3 amide bonds. The summed E-state index contributed by atoms with van der Waals surface area (Å²) in [5, 5.41) is 5.71. The van der Waals surface area contributed by atoms with Crippen LogP contribution in [0.15, 0.2) is 65.1 Å². The molecule has 3 aromatic rings. The standard InChI is InChI=1S/C28H26BrN3O6/c1-17-10-20(3-8-23(17)29)31-26(33)15-36-22-6-4-21(5-7-22)32-14-19(12-27(32)34)28(35)30-13-18-2-9-24-25(11-18)38-16-37-24/h2-11,19H,12-16H2,1H3,(H,30,35)(H,31,33)/t19-/m1/s1. The zero-order valence-corrected chi connectivity index (χ0v) is 22.2. The van der Waals surface area contributed by atoms with Crippen molar-refractivity contribution in [1.82, 2.24) is 5.32 Å². The minimum Gasteiger partial charge on any atom is -0.484 e. The summed E-state index contributed by atoms with van der Waals surface area (Å²) >= 11 is 3.44. The third-order valence-electron chi connectivity index (χ3n) is 6.36. The van der Waals surface area contributed by atoms with Gasteiger partial charge in [-0.2, -0.15) is 0 Å². The van der Waals surface area contributed by atoms with Gasteiger partial charge in [0.05, 0.1) is 5.92 Å². The molecule has 9 nitrogen and oxygen atoms in total. The Bertz CT molecular complexity index is 1380. The van der Waals surface area contributed by atoms with E-state index in [0.29, 0.717) is 41.7 Å². The SMILES string of the molecule is Cc1cc(NC(=O)COc2ccc(N3C[C@H](C(=O)NCc4ccc5c(c4)OCO5)CC3=O)cc2)ccc1Br. The predicted molar refractivity (Wildman–Crippen MR) is 144 cm³/mol. The fourth-order valence-electron chi connectivity index (χ4n) is 4.31. The van der Waals surface area contributed by atoms with E-state index in [1.807, 2.05) is 43.3 Å². The van der Waals surface area contributed by atoms with Crippen LogP contribution in [0.4, 0.5) is 11.4 Å². The Morgan fingerprint density at radius 1 is 1.05 bits per heavy atom. The lowest BCUT2D eigenvalue weighted by Gasteiger charge is -2.17. The second-order valence-electron chi connectivity index (χ2n) is 9.11. The van der Waals surface area contributed by atoms with Crippen molar-refractivity contribution in [3.8, 4) is 17.2 Å². The zero-order valence-electron chi connectivity index (χ0n) is 20.7. The maximum Gasteiger partial charge on any atom is 0.262 e. The highest BCUT2D eigenvalue weighted by Crippen LogP contribution is 2.32. The van der Waals surface area contributed by atoms with Gasteiger partial charge >= 0.3 is 0 Å². The van der Waals surface area contributed by atoms with E-state index in [1.165, 1.54) is 0 Å². The molecule has 5 rings (SSSR count). The molecule has 0 aromatic heterocycles. The molecule has 0 radical (unpaired) electrons. The second kappa shape index (κ2) is 11.1. The molecule has 0 unspecified atom stereocenters. The van der Waals surface area contributed by atoms with Gasteiger partial charge in [-0.25, -0.2) is 0 Å². The Hall–Kier alpha value is -4.05. The number of nitrogens with zero attached hydrogens (tertiary/aromatic N) is 1. The average molecular weight is 580 g/mol. The van der Waals surface area contributed by atoms with E-state index < -0.39 is 5.92 Å². The van der Waals surface area contributed by atoms with Gasteiger partial charge in [-0.3, -0.25) is 14.4 Å². The van der Waals surface area contributed by atoms with Gasteiger partial charge in [-0.1, -0.05) is 22.0 Å². The Balaban J connectivity index is 1.10. The van der Waals surface area contributed by atoms with E-state index in [1.54, 1.807) is 29.2 Å². The van der Waals surface area contributed by atoms with E-state index in [-0.39, 0.29) is 37.5 Å². The van der Waals surface area contributed by atoms with Gasteiger partial charge in [0, 0.05) is 35.4 Å². The van der Waals surface area contributed by atoms with Gasteiger partial charge in [-0.05, 0) is 72.6 Å². The summed E-state index contributed by atoms with van der Waals surface area (Å²) in [7, 11) is 0. The fraction of sp³-hybridized carbons (Fsp3) is 0.250. The van der Waals surface area contributed by atoms with Gasteiger partial charge in [0.2, 0.25) is 18.6 Å². The first-order valence-electron chi connectivity index (χ1n) is 12.1. The minimum atomic E-state index is -0.446. The first-order valence-corrected chi connectivity index (χ1v) is 12.9. The number of hydrogen-bond acceptors (Lipinski definition) is 6. The van der Waals surface area contributed by atoms with Crippen molar-refractivity contribution < 1.29 is 28.6 Å². The number of benzene rings is 3. The second-order valence-corrected chi connectivity index (χ2v) is 9.96. The molecule has 3 aromatic carbocycles. The van der Waals surface area contributed by atoms with Crippen LogP contribution < -0.4 is 29.7 Å². The number of rotatable bonds is 8. The summed E-state index contributed by atoms with van der Waals surface area (Å²) in [4.78, 5) is 39.2. The number of hydrogen-bond donors (Lipinski definition) is 2. The highest BCUT2D eigenvalue weighted by atomic mass is 79.9. The molecule has 2 N–H and O–H groups in total. The Morgan fingerprint density at radius 2 is 1.84 bits per heavy atom. The molecule has 2 aliphatic heterocycles. The fourth-order valence-corrected chi connectivity index (χ4v) is 4.55. The number of anilines is 2. The monoisotopic (exact) mass is 579 g/mol. The summed E-state index contributed by atoms with van der Waals surface area (Å²) in [5.74, 6) is 0.829. The van der Waals surface area contributed by atoms with Crippen LogP contribution in [0.3, 0.4) is 0 Å². The van der Waals surface area contributed by atoms with Gasteiger partial charge in [0.15, 0.2) is 18.1 Å². The summed E-state index contributed by atoms with van der Waals surface area (Å²) in [6, 6.07) is 18.0. The topological polar surface area (TPSA) is 106 Å². The molecule has 1 saturated heterocycles. The van der Waals surface area contributed by atoms with Gasteiger partial charge in [0.25, 0.3) is 5.91 Å². The van der Waals surface area contributed by atoms with Crippen LogP contribution in [0.25, 0.3) is 0 Å². The van der Waals surface area contributed by atoms with E-state index in [2.05, 4.69) is 26.6 Å². The molecular formula is C28H26BrN3O6. The Labute approximate surface area is 228 Å². The number of aryl methyl sites for hydroxylation is 1. The zero-order chi connectivity index (χ0) is 26.6. The molecular weight excluding hydrogens is 554 g/mol. The maximum absolute atomic E-state index is 12.7. The molecule has 196 valence electrons. The van der Waals surface area contributed by atoms with E-state index in [4.69, 9.17) is 14.2 Å². The molecule has 1 atom stereocenters. The highest BCUT2D eigenvalue weighted by Gasteiger charge is 2.35. The van der Waals surface area contributed by atoms with Crippen molar-refractivity contribution in [2.24, 2.45) is 5.92 Å². The number of carbonyl (C=O) groups is 3. The summed E-state index contributed by atoms with van der Waals surface area (Å²) < 4.78 is 17.2. The molecule has 0 saturated carbocycles. The van der Waals surface area contributed by atoms with E-state index >= 15 is 0 Å². The quantitative estimate of drug-likeness (QED) is 0.415. The number of halogens is 1. The third-order valence-corrected chi connectivity index (χ3v) is 7.25. The van der Waals surface area contributed by atoms with Crippen LogP contribution in [-0.2, 0) is 20.9 Å². The Morgan fingerprint density at radius 3 is 2.63 bits per heavy atom. The molecule has 38 heavy (non-hydrogen) atoms. The van der Waals surface area contributed by atoms with Crippen molar-refractivity contribution in [3.05, 3.63) is 76.3 Å². The third kappa shape index (κ3) is 5.91. The van der Waals surface area contributed by atoms with Crippen molar-refractivity contribution in [2.75, 3.05) is 30.2 Å². The lowest BCUT2D eigenvalue weighted by Crippen LogP contribution is -2.32. The van der Waals surface area contributed by atoms with Gasteiger partial charge < -0.3 is 29.7 Å². The molecule has 2 heterocycles. The van der Waals surface area contributed by atoms with Gasteiger partial charge in [-0.15, -0.1) is 0 Å². The van der Waals surface area contributed by atoms with Crippen LogP contribution >= 0.6 is 15.9 Å². The number of fused-ring (bicyclic) bond motifs is 1. The van der Waals surface area contributed by atoms with Crippen LogP contribution in [-0.4, -0.2) is 37.7 Å². The molecule has 0 aliphatic carbocycles. The average Bonchev–Trinajstić information content (AvgIpc) is 3.55. The highest BCUT2D eigenvalue weighted by molar-refractivity contribution is 9.10. The number of amides is 3. The number of carbonyl (C=O) groups excluding carboxylic acids is 3. The van der Waals surface area contributed by atoms with Crippen molar-refractivity contribution in [1.29, 1.82) is 0 Å². The minimum absolute atomic E-state index is 0.119. The molecule has 2 aliphatic rings. The van der Waals surface area contributed by atoms with Crippen molar-refractivity contribution in [3.63, 3.8) is 0 Å². The molecule has 10 heteroatoms. The van der Waals surface area contributed by atoms with Crippen LogP contribution in [0, 0.1) is 12.8 Å². The van der Waals surface area contributed by atoms with Crippen molar-refractivity contribution >= 4 is 45.0 Å². The number of ether oxygens (including phenoxy) is 3. The van der Waals surface area contributed by atoms with E-state index in [0.717, 1.165) is 15.6 Å². The summed E-state index contributed by atoms with van der Waals surface area (Å²) in [5.41, 5.74) is 3.26. The van der Waals surface area contributed by atoms with Crippen LogP contribution in [0.5, 0.6) is 17.2 Å². The molecule has 0 bridgehead atoms. The van der Waals surface area contributed by atoms with E-state index in [9.17, 15) is 14.4 Å². The normalized spacial score (nSPS) is 15.9. The smallest absolute Gasteiger partial charge is 0.262 e. The molecule has 1 fully saturated rings. The molecule has 0 spiro atoms. The maximum atomic E-state index is 12.7. The lowest BCUT2D eigenvalue weighted by molar-refractivity contribution is -0.126. The largest absolute Gasteiger partial charge is 0.484 e. The summed E-state index contributed by atoms with van der Waals surface area (Å²) in [6.45, 7) is 2.61. The first kappa shape index (κ1) is 25.6. The number of nitrogens with one attached hydrogen (secondary N) is 2.